The molecule has 7 nitrogen and oxygen atoms in total. The Kier molecular flexibility index (Phi) is 4.72. The second kappa shape index (κ2) is 6.91. The monoisotopic (exact) mass is 305 g/mol. The van der Waals surface area contributed by atoms with Crippen LogP contribution in [0.2, 0.25) is 0 Å². The third-order valence-electron chi connectivity index (χ3n) is 4.28. The maximum Gasteiger partial charge on any atom is 0.317 e. The number of rotatable bonds is 3. The zero-order chi connectivity index (χ0) is 15.4. The minimum atomic E-state index is -0.00312. The summed E-state index contributed by atoms with van der Waals surface area (Å²) in [6.07, 6.45) is 5.75. The summed E-state index contributed by atoms with van der Waals surface area (Å²) in [4.78, 5) is 24.8. The molecule has 0 radical (unpaired) electrons. The van der Waals surface area contributed by atoms with E-state index in [0.717, 1.165) is 38.5 Å². The standard InChI is InChI=1S/C15H23N5O2/c1-12(13-4-2-11-22-13)18-15(21)20-9-7-19(8-10-20)14-16-5-3-6-17-14/h3,5-6,12-13H,2,4,7-11H2,1H3,(H,18,21)/t12-,13-/m1/s1. The number of carbonyl (C=O) groups excluding carboxylic acids is 1. The first-order chi connectivity index (χ1) is 10.7. The van der Waals surface area contributed by atoms with Gasteiger partial charge in [-0.25, -0.2) is 14.8 Å². The molecule has 0 unspecified atom stereocenters. The Bertz CT molecular complexity index is 484. The van der Waals surface area contributed by atoms with Crippen LogP contribution < -0.4 is 10.2 Å². The van der Waals surface area contributed by atoms with E-state index in [9.17, 15) is 4.79 Å². The molecule has 22 heavy (non-hydrogen) atoms. The lowest BCUT2D eigenvalue weighted by Gasteiger charge is -2.35. The molecular weight excluding hydrogens is 282 g/mol. The number of nitrogens with zero attached hydrogens (tertiary/aromatic N) is 4. The lowest BCUT2D eigenvalue weighted by Crippen LogP contribution is -2.54. The number of carbonyl (C=O) groups is 1. The Labute approximate surface area is 130 Å². The topological polar surface area (TPSA) is 70.6 Å². The minimum Gasteiger partial charge on any atom is -0.376 e. The van der Waals surface area contributed by atoms with E-state index >= 15 is 0 Å². The SMILES string of the molecule is C[C@@H](NC(=O)N1CCN(c2ncccn2)CC1)[C@H]1CCCO1. The first kappa shape index (κ1) is 15.0. The van der Waals surface area contributed by atoms with Crippen molar-refractivity contribution in [2.75, 3.05) is 37.7 Å². The van der Waals surface area contributed by atoms with Gasteiger partial charge >= 0.3 is 6.03 Å². The molecule has 2 atom stereocenters. The third-order valence-corrected chi connectivity index (χ3v) is 4.28. The highest BCUT2D eigenvalue weighted by Gasteiger charge is 2.27. The van der Waals surface area contributed by atoms with Gasteiger partial charge in [0.05, 0.1) is 12.1 Å². The van der Waals surface area contributed by atoms with Crippen LogP contribution in [-0.4, -0.2) is 65.8 Å². The Balaban J connectivity index is 1.47. The highest BCUT2D eigenvalue weighted by Crippen LogP contribution is 2.16. The van der Waals surface area contributed by atoms with Gasteiger partial charge in [-0.15, -0.1) is 0 Å². The van der Waals surface area contributed by atoms with Crippen molar-refractivity contribution in [1.82, 2.24) is 20.2 Å². The van der Waals surface area contributed by atoms with Gasteiger partial charge in [0.25, 0.3) is 0 Å². The lowest BCUT2D eigenvalue weighted by molar-refractivity contribution is 0.0831. The molecule has 0 bridgehead atoms. The molecule has 1 aromatic rings. The number of aromatic nitrogens is 2. The number of nitrogens with one attached hydrogen (secondary N) is 1. The number of anilines is 1. The van der Waals surface area contributed by atoms with Crippen LogP contribution in [0.25, 0.3) is 0 Å². The average Bonchev–Trinajstić information content (AvgIpc) is 3.10. The number of piperazine rings is 1. The van der Waals surface area contributed by atoms with Crippen molar-refractivity contribution in [3.63, 3.8) is 0 Å². The van der Waals surface area contributed by atoms with E-state index in [1.807, 2.05) is 11.8 Å². The van der Waals surface area contributed by atoms with Gasteiger partial charge in [-0.1, -0.05) is 0 Å². The summed E-state index contributed by atoms with van der Waals surface area (Å²) in [7, 11) is 0. The lowest BCUT2D eigenvalue weighted by atomic mass is 10.1. The van der Waals surface area contributed by atoms with Crippen LogP contribution in [0.3, 0.4) is 0 Å². The molecule has 2 aliphatic heterocycles. The molecule has 3 heterocycles. The summed E-state index contributed by atoms with van der Waals surface area (Å²) >= 11 is 0. The molecule has 2 fully saturated rings. The van der Waals surface area contributed by atoms with Crippen LogP contribution in [0.4, 0.5) is 10.7 Å². The van der Waals surface area contributed by atoms with Gasteiger partial charge in [0.2, 0.25) is 5.95 Å². The fourth-order valence-corrected chi connectivity index (χ4v) is 2.94. The van der Waals surface area contributed by atoms with E-state index in [-0.39, 0.29) is 18.2 Å². The van der Waals surface area contributed by atoms with Gasteiger partial charge < -0.3 is 19.9 Å². The largest absolute Gasteiger partial charge is 0.376 e. The molecule has 2 amide bonds. The van der Waals surface area contributed by atoms with Crippen LogP contribution in [0.15, 0.2) is 18.5 Å². The van der Waals surface area contributed by atoms with Crippen LogP contribution in [0.5, 0.6) is 0 Å². The van der Waals surface area contributed by atoms with E-state index in [2.05, 4.69) is 20.2 Å². The highest BCUT2D eigenvalue weighted by molar-refractivity contribution is 5.74. The molecule has 120 valence electrons. The van der Waals surface area contributed by atoms with Gasteiger partial charge in [-0.3, -0.25) is 0 Å². The summed E-state index contributed by atoms with van der Waals surface area (Å²) in [5.74, 6) is 0.732. The molecule has 0 aromatic carbocycles. The number of amides is 2. The summed E-state index contributed by atoms with van der Waals surface area (Å²) in [6, 6.07) is 1.86. The van der Waals surface area contributed by atoms with Crippen molar-refractivity contribution in [2.24, 2.45) is 0 Å². The number of hydrogen-bond acceptors (Lipinski definition) is 5. The smallest absolute Gasteiger partial charge is 0.317 e. The maximum atomic E-state index is 12.3. The molecule has 0 spiro atoms. The first-order valence-electron chi connectivity index (χ1n) is 7.93. The van der Waals surface area contributed by atoms with Crippen molar-refractivity contribution < 1.29 is 9.53 Å². The molecular formula is C15H23N5O2. The average molecular weight is 305 g/mol. The Hall–Kier alpha value is -1.89. The normalized spacial score (nSPS) is 23.4. The molecule has 1 N–H and O–H groups in total. The van der Waals surface area contributed by atoms with E-state index in [1.165, 1.54) is 0 Å². The molecule has 0 saturated carbocycles. The van der Waals surface area contributed by atoms with Crippen molar-refractivity contribution in [3.8, 4) is 0 Å². The minimum absolute atomic E-state index is 0.00312. The van der Waals surface area contributed by atoms with Gasteiger partial charge in [0.1, 0.15) is 0 Å². The molecule has 2 aliphatic rings. The van der Waals surface area contributed by atoms with E-state index in [1.54, 1.807) is 18.5 Å². The second-order valence-corrected chi connectivity index (χ2v) is 5.81. The summed E-state index contributed by atoms with van der Waals surface area (Å²) < 4.78 is 5.62. The van der Waals surface area contributed by atoms with Crippen molar-refractivity contribution in [1.29, 1.82) is 0 Å². The van der Waals surface area contributed by atoms with Crippen molar-refractivity contribution >= 4 is 12.0 Å². The van der Waals surface area contributed by atoms with Crippen LogP contribution in [-0.2, 0) is 4.74 Å². The number of ether oxygens (including phenoxy) is 1. The summed E-state index contributed by atoms with van der Waals surface area (Å²) in [5, 5.41) is 3.06. The van der Waals surface area contributed by atoms with Crippen molar-refractivity contribution in [2.45, 2.75) is 31.9 Å². The quantitative estimate of drug-likeness (QED) is 0.897. The van der Waals surface area contributed by atoms with E-state index < -0.39 is 0 Å². The second-order valence-electron chi connectivity index (χ2n) is 5.81. The predicted octanol–water partition coefficient (Wildman–Crippen LogP) is 0.876. The maximum absolute atomic E-state index is 12.3. The third kappa shape index (κ3) is 3.47. The number of urea groups is 1. The van der Waals surface area contributed by atoms with Crippen LogP contribution in [0, 0.1) is 0 Å². The Morgan fingerprint density at radius 2 is 2.05 bits per heavy atom. The van der Waals surface area contributed by atoms with E-state index in [0.29, 0.717) is 13.1 Å². The zero-order valence-corrected chi connectivity index (χ0v) is 12.9. The van der Waals surface area contributed by atoms with Gasteiger partial charge in [0.15, 0.2) is 0 Å². The van der Waals surface area contributed by atoms with Gasteiger partial charge in [0, 0.05) is 45.2 Å². The predicted molar refractivity (Wildman–Crippen MR) is 82.8 cm³/mol. The van der Waals surface area contributed by atoms with E-state index in [4.69, 9.17) is 4.74 Å². The summed E-state index contributed by atoms with van der Waals surface area (Å²) in [6.45, 7) is 5.70. The number of hydrogen-bond donors (Lipinski definition) is 1. The fourth-order valence-electron chi connectivity index (χ4n) is 2.94. The molecule has 2 saturated heterocycles. The molecule has 3 rings (SSSR count). The fraction of sp³-hybridized carbons (Fsp3) is 0.667. The zero-order valence-electron chi connectivity index (χ0n) is 12.9. The molecule has 0 aliphatic carbocycles. The Morgan fingerprint density at radius 1 is 1.32 bits per heavy atom. The highest BCUT2D eigenvalue weighted by atomic mass is 16.5. The molecule has 7 heteroatoms. The van der Waals surface area contributed by atoms with Crippen LogP contribution in [0.1, 0.15) is 19.8 Å². The van der Waals surface area contributed by atoms with Crippen molar-refractivity contribution in [3.05, 3.63) is 18.5 Å². The molecule has 1 aromatic heterocycles. The van der Waals surface area contributed by atoms with Crippen LogP contribution >= 0.6 is 0 Å². The van der Waals surface area contributed by atoms with Gasteiger partial charge in [-0.05, 0) is 25.8 Å². The Morgan fingerprint density at radius 3 is 2.68 bits per heavy atom. The summed E-state index contributed by atoms with van der Waals surface area (Å²) in [5.41, 5.74) is 0. The first-order valence-corrected chi connectivity index (χ1v) is 7.93. The van der Waals surface area contributed by atoms with Gasteiger partial charge in [-0.2, -0.15) is 0 Å².